The molecule has 0 bridgehead atoms. The van der Waals surface area contributed by atoms with Gasteiger partial charge in [-0.25, -0.2) is 9.59 Å². The molecule has 1 unspecified atom stereocenters. The van der Waals surface area contributed by atoms with Gasteiger partial charge in [0.15, 0.2) is 0 Å². The van der Waals surface area contributed by atoms with E-state index in [4.69, 9.17) is 35.2 Å². The van der Waals surface area contributed by atoms with E-state index in [0.29, 0.717) is 5.56 Å². The maximum absolute atomic E-state index is 12.2. The number of ether oxygens (including phenoxy) is 2. The number of aliphatic carboxylic acids is 2. The lowest BCUT2D eigenvalue weighted by atomic mass is 10.1. The highest BCUT2D eigenvalue weighted by molar-refractivity contribution is 5.95. The van der Waals surface area contributed by atoms with E-state index in [2.05, 4.69) is 0 Å². The Bertz CT molecular complexity index is 994. The number of furan rings is 1. The molecule has 0 saturated heterocycles. The number of carboxylic acids is 2. The molecular formula is C20H20N2O9. The molecule has 164 valence electrons. The average Bonchev–Trinajstić information content (AvgIpc) is 3.16. The van der Waals surface area contributed by atoms with Gasteiger partial charge >= 0.3 is 23.9 Å². The first-order valence-electron chi connectivity index (χ1n) is 8.97. The lowest BCUT2D eigenvalue weighted by molar-refractivity contribution is -0.169. The molecule has 0 aliphatic rings. The molecule has 0 radical (unpaired) electrons. The molecule has 11 nitrogen and oxygen atoms in total. The molecule has 0 amide bonds. The number of carbonyl (C=O) groups is 4. The summed E-state index contributed by atoms with van der Waals surface area (Å²) in [7, 11) is 0. The highest BCUT2D eigenvalue weighted by Crippen LogP contribution is 2.18. The predicted octanol–water partition coefficient (Wildman–Crippen LogP) is 1.43. The summed E-state index contributed by atoms with van der Waals surface area (Å²) >= 11 is 0. The summed E-state index contributed by atoms with van der Waals surface area (Å²) in [6, 6.07) is 8.76. The number of hydrogen-bond donors (Lipinski definition) is 4. The summed E-state index contributed by atoms with van der Waals surface area (Å²) in [6.07, 6.45) is -2.68. The number of rotatable bonds is 10. The Morgan fingerprint density at radius 3 is 2.29 bits per heavy atom. The van der Waals surface area contributed by atoms with Crippen molar-refractivity contribution in [1.29, 1.82) is 5.41 Å². The van der Waals surface area contributed by atoms with Gasteiger partial charge in [0.25, 0.3) is 0 Å². The van der Waals surface area contributed by atoms with E-state index < -0.39 is 42.3 Å². The van der Waals surface area contributed by atoms with Crippen LogP contribution in [0, 0.1) is 11.3 Å². The first kappa shape index (κ1) is 23.1. The zero-order valence-electron chi connectivity index (χ0n) is 16.4. The SMILES string of the molecule is CC(Cc1ccc(C(=O)Oc2ccc(C(=N)N)cc2)o1)C(=O)O[C@H](CC(=O)O)C(=O)O. The zero-order chi connectivity index (χ0) is 23.1. The van der Waals surface area contributed by atoms with Crippen LogP contribution in [0.4, 0.5) is 0 Å². The highest BCUT2D eigenvalue weighted by Gasteiger charge is 2.28. The second-order valence-corrected chi connectivity index (χ2v) is 6.56. The molecule has 0 fully saturated rings. The van der Waals surface area contributed by atoms with Crippen molar-refractivity contribution >= 4 is 29.7 Å². The number of benzene rings is 1. The molecule has 2 aromatic rings. The lowest BCUT2D eigenvalue weighted by Gasteiger charge is -2.15. The maximum atomic E-state index is 12.2. The smallest absolute Gasteiger partial charge is 0.379 e. The number of hydrogen-bond acceptors (Lipinski definition) is 8. The van der Waals surface area contributed by atoms with Crippen LogP contribution in [0.5, 0.6) is 5.75 Å². The maximum Gasteiger partial charge on any atom is 0.379 e. The minimum absolute atomic E-state index is 0.0150. The van der Waals surface area contributed by atoms with E-state index >= 15 is 0 Å². The third-order valence-corrected chi connectivity index (χ3v) is 4.04. The third kappa shape index (κ3) is 6.70. The second kappa shape index (κ2) is 10.1. The van der Waals surface area contributed by atoms with Gasteiger partial charge in [0.2, 0.25) is 11.9 Å². The van der Waals surface area contributed by atoms with Crippen LogP contribution in [0.2, 0.25) is 0 Å². The van der Waals surface area contributed by atoms with Crippen molar-refractivity contribution in [3.63, 3.8) is 0 Å². The Morgan fingerprint density at radius 1 is 1.10 bits per heavy atom. The van der Waals surface area contributed by atoms with Gasteiger partial charge in [-0.3, -0.25) is 15.0 Å². The third-order valence-electron chi connectivity index (χ3n) is 4.04. The zero-order valence-corrected chi connectivity index (χ0v) is 16.4. The molecule has 0 spiro atoms. The van der Waals surface area contributed by atoms with Crippen molar-refractivity contribution in [2.24, 2.45) is 11.7 Å². The van der Waals surface area contributed by atoms with Crippen molar-refractivity contribution in [1.82, 2.24) is 0 Å². The van der Waals surface area contributed by atoms with E-state index in [9.17, 15) is 19.2 Å². The molecule has 2 atom stereocenters. The predicted molar refractivity (Wildman–Crippen MR) is 104 cm³/mol. The lowest BCUT2D eigenvalue weighted by Crippen LogP contribution is -2.32. The minimum Gasteiger partial charge on any atom is -0.481 e. The van der Waals surface area contributed by atoms with E-state index in [0.717, 1.165) is 0 Å². The number of carbonyl (C=O) groups excluding carboxylic acids is 2. The largest absolute Gasteiger partial charge is 0.481 e. The summed E-state index contributed by atoms with van der Waals surface area (Å²) in [4.78, 5) is 45.9. The molecule has 2 rings (SSSR count). The molecular weight excluding hydrogens is 412 g/mol. The molecule has 11 heteroatoms. The number of nitrogens with two attached hydrogens (primary N) is 1. The van der Waals surface area contributed by atoms with Gasteiger partial charge in [0.05, 0.1) is 12.3 Å². The van der Waals surface area contributed by atoms with Crippen LogP contribution in [-0.4, -0.2) is 46.0 Å². The minimum atomic E-state index is -1.80. The standard InChI is InChI=1S/C20H20N2O9/c1-10(19(27)31-15(18(25)26)9-16(23)24)8-13-6-7-14(29-13)20(28)30-12-4-2-11(3-5-12)17(21)22/h2-7,10,15H,8-9H2,1H3,(H3,21,22)(H,23,24)(H,25,26)/t10?,15-/m1/s1. The highest BCUT2D eigenvalue weighted by atomic mass is 16.6. The Balaban J connectivity index is 1.95. The van der Waals surface area contributed by atoms with E-state index in [1.165, 1.54) is 43.3 Å². The molecule has 1 aromatic carbocycles. The second-order valence-electron chi connectivity index (χ2n) is 6.56. The van der Waals surface area contributed by atoms with Gasteiger partial charge in [-0.2, -0.15) is 0 Å². The van der Waals surface area contributed by atoms with Crippen molar-refractivity contribution in [2.75, 3.05) is 0 Å². The number of nitrogens with one attached hydrogen (secondary N) is 1. The van der Waals surface area contributed by atoms with E-state index in [1.807, 2.05) is 0 Å². The summed E-state index contributed by atoms with van der Waals surface area (Å²) in [5.41, 5.74) is 5.82. The quantitative estimate of drug-likeness (QED) is 0.185. The van der Waals surface area contributed by atoms with Crippen LogP contribution in [0.25, 0.3) is 0 Å². The molecule has 1 aromatic heterocycles. The van der Waals surface area contributed by atoms with Crippen LogP contribution >= 0.6 is 0 Å². The van der Waals surface area contributed by atoms with Crippen molar-refractivity contribution in [3.8, 4) is 5.75 Å². The normalized spacial score (nSPS) is 12.4. The number of esters is 2. The fourth-order valence-corrected chi connectivity index (χ4v) is 2.44. The van der Waals surface area contributed by atoms with Gasteiger partial charge in [-0.15, -0.1) is 0 Å². The summed E-state index contributed by atoms with van der Waals surface area (Å²) < 4.78 is 15.3. The molecule has 0 aliphatic heterocycles. The van der Waals surface area contributed by atoms with Crippen LogP contribution in [-0.2, 0) is 25.5 Å². The summed E-state index contributed by atoms with van der Waals surface area (Å²) in [5.74, 6) is -5.34. The van der Waals surface area contributed by atoms with Crippen molar-refractivity contribution in [2.45, 2.75) is 25.9 Å². The van der Waals surface area contributed by atoms with Crippen LogP contribution < -0.4 is 10.5 Å². The van der Waals surface area contributed by atoms with Crippen LogP contribution in [0.1, 0.15) is 35.2 Å². The van der Waals surface area contributed by atoms with E-state index in [1.54, 1.807) is 0 Å². The van der Waals surface area contributed by atoms with Gasteiger partial charge in [-0.05, 0) is 36.4 Å². The Hall–Kier alpha value is -4.15. The van der Waals surface area contributed by atoms with Gasteiger partial charge in [0, 0.05) is 12.0 Å². The average molecular weight is 432 g/mol. The number of amidine groups is 1. The monoisotopic (exact) mass is 432 g/mol. The first-order valence-corrected chi connectivity index (χ1v) is 8.97. The molecule has 0 saturated carbocycles. The number of carboxylic acid groups (broad SMARTS) is 2. The van der Waals surface area contributed by atoms with E-state index in [-0.39, 0.29) is 29.5 Å². The fraction of sp³-hybridized carbons (Fsp3) is 0.250. The Labute approximate surface area is 175 Å². The summed E-state index contributed by atoms with van der Waals surface area (Å²) in [5, 5.41) is 25.0. The van der Waals surface area contributed by atoms with Gasteiger partial charge < -0.3 is 29.8 Å². The van der Waals surface area contributed by atoms with Crippen LogP contribution in [0.15, 0.2) is 40.8 Å². The van der Waals surface area contributed by atoms with Gasteiger partial charge in [-0.1, -0.05) is 6.92 Å². The summed E-state index contributed by atoms with van der Waals surface area (Å²) in [6.45, 7) is 1.44. The van der Waals surface area contributed by atoms with Crippen molar-refractivity contribution < 1.29 is 43.3 Å². The number of nitrogen functional groups attached to an aromatic ring is 1. The molecule has 5 N–H and O–H groups in total. The molecule has 31 heavy (non-hydrogen) atoms. The van der Waals surface area contributed by atoms with Crippen LogP contribution in [0.3, 0.4) is 0 Å². The Kier molecular flexibility index (Phi) is 7.50. The first-order chi connectivity index (χ1) is 14.6. The van der Waals surface area contributed by atoms with Gasteiger partial charge in [0.1, 0.15) is 17.3 Å². The topological polar surface area (TPSA) is 190 Å². The molecule has 1 heterocycles. The molecule has 0 aliphatic carbocycles. The van der Waals surface area contributed by atoms with Crippen molar-refractivity contribution in [3.05, 3.63) is 53.5 Å². The fourth-order valence-electron chi connectivity index (χ4n) is 2.44. The Morgan fingerprint density at radius 2 is 1.74 bits per heavy atom.